The number of nitrogens with zero attached hydrogens (tertiary/aromatic N) is 2. The van der Waals surface area contributed by atoms with Crippen molar-refractivity contribution in [3.8, 4) is 17.1 Å². The van der Waals surface area contributed by atoms with Crippen molar-refractivity contribution in [3.63, 3.8) is 0 Å². The van der Waals surface area contributed by atoms with Gasteiger partial charge in [-0.1, -0.05) is 17.3 Å². The average molecular weight is 261 g/mol. The lowest BCUT2D eigenvalue weighted by Gasteiger charge is -2.04. The van der Waals surface area contributed by atoms with Crippen LogP contribution in [0.5, 0.6) is 5.75 Å². The summed E-state index contributed by atoms with van der Waals surface area (Å²) in [6.45, 7) is 0.783. The Balaban J connectivity index is 1.80. The van der Waals surface area contributed by atoms with Gasteiger partial charge in [0.05, 0.1) is 12.1 Å². The highest BCUT2D eigenvalue weighted by Crippen LogP contribution is 2.26. The smallest absolute Gasteiger partial charge is 0.244 e. The van der Waals surface area contributed by atoms with E-state index in [1.165, 1.54) is 0 Å². The maximum atomic E-state index is 9.44. The van der Waals surface area contributed by atoms with Gasteiger partial charge in [-0.3, -0.25) is 0 Å². The zero-order valence-corrected chi connectivity index (χ0v) is 10.5. The van der Waals surface area contributed by atoms with Crippen LogP contribution in [0, 0.1) is 0 Å². The lowest BCUT2D eigenvalue weighted by atomic mass is 10.2. The summed E-state index contributed by atoms with van der Waals surface area (Å²) < 4.78 is 10.6. The number of aromatic nitrogens is 2. The van der Waals surface area contributed by atoms with E-state index in [2.05, 4.69) is 15.5 Å². The molecule has 1 aliphatic rings. The molecule has 0 aliphatic carbocycles. The fraction of sp³-hybridized carbons (Fsp3) is 0.385. The van der Waals surface area contributed by atoms with Crippen LogP contribution >= 0.6 is 0 Å². The first kappa shape index (κ1) is 12.1. The van der Waals surface area contributed by atoms with Crippen LogP contribution in [0.15, 0.2) is 28.8 Å². The van der Waals surface area contributed by atoms with E-state index in [-0.39, 0.29) is 17.9 Å². The van der Waals surface area contributed by atoms with E-state index < -0.39 is 0 Å². The molecule has 0 amide bonds. The van der Waals surface area contributed by atoms with E-state index in [0.29, 0.717) is 11.7 Å². The number of benzene rings is 1. The summed E-state index contributed by atoms with van der Waals surface area (Å²) in [5.41, 5.74) is 0.733. The Hall–Kier alpha value is -1.92. The maximum absolute atomic E-state index is 9.44. The average Bonchev–Trinajstić information content (AvgIpc) is 3.07. The van der Waals surface area contributed by atoms with E-state index >= 15 is 0 Å². The molecule has 1 fully saturated rings. The summed E-state index contributed by atoms with van der Waals surface area (Å²) in [5.74, 6) is 1.22. The van der Waals surface area contributed by atoms with Crippen LogP contribution in [0.25, 0.3) is 11.4 Å². The second-order valence-corrected chi connectivity index (χ2v) is 4.56. The Morgan fingerprint density at radius 1 is 1.47 bits per heavy atom. The summed E-state index contributed by atoms with van der Waals surface area (Å²) in [6, 6.07) is 6.81. The SMILES string of the molecule is COC1CNC(c2nc(-c3cccc(O)c3)no2)C1. The first-order valence-electron chi connectivity index (χ1n) is 6.15. The molecule has 0 spiro atoms. The lowest BCUT2D eigenvalue weighted by molar-refractivity contribution is 0.116. The van der Waals surface area contributed by atoms with E-state index in [4.69, 9.17) is 9.26 Å². The fourth-order valence-corrected chi connectivity index (χ4v) is 2.21. The Labute approximate surface area is 110 Å². The number of phenols is 1. The molecule has 19 heavy (non-hydrogen) atoms. The van der Waals surface area contributed by atoms with Crippen LogP contribution in [-0.2, 0) is 4.74 Å². The second-order valence-electron chi connectivity index (χ2n) is 4.56. The molecule has 3 rings (SSSR count). The van der Waals surface area contributed by atoms with Crippen LogP contribution in [0.2, 0.25) is 0 Å². The van der Waals surface area contributed by atoms with Gasteiger partial charge in [-0.15, -0.1) is 0 Å². The highest BCUT2D eigenvalue weighted by atomic mass is 16.5. The van der Waals surface area contributed by atoms with E-state index in [0.717, 1.165) is 18.5 Å². The first-order chi connectivity index (χ1) is 9.26. The summed E-state index contributed by atoms with van der Waals surface area (Å²) in [6.07, 6.45) is 0.999. The van der Waals surface area contributed by atoms with Crippen molar-refractivity contribution in [1.29, 1.82) is 0 Å². The van der Waals surface area contributed by atoms with Gasteiger partial charge in [-0.2, -0.15) is 4.98 Å². The van der Waals surface area contributed by atoms with Gasteiger partial charge in [0, 0.05) is 19.2 Å². The van der Waals surface area contributed by atoms with E-state index in [1.54, 1.807) is 25.3 Å². The van der Waals surface area contributed by atoms with Gasteiger partial charge in [0.1, 0.15) is 5.75 Å². The van der Waals surface area contributed by atoms with Gasteiger partial charge in [-0.25, -0.2) is 0 Å². The third-order valence-electron chi connectivity index (χ3n) is 3.27. The molecular weight excluding hydrogens is 246 g/mol. The molecule has 0 bridgehead atoms. The zero-order chi connectivity index (χ0) is 13.2. The number of phenolic OH excluding ortho intramolecular Hbond substituents is 1. The van der Waals surface area contributed by atoms with Crippen LogP contribution in [0.4, 0.5) is 0 Å². The number of rotatable bonds is 3. The molecule has 1 aromatic carbocycles. The quantitative estimate of drug-likeness (QED) is 0.871. The number of hydrogen-bond donors (Lipinski definition) is 2. The third-order valence-corrected chi connectivity index (χ3v) is 3.27. The van der Waals surface area contributed by atoms with Crippen molar-refractivity contribution >= 4 is 0 Å². The predicted octanol–water partition coefficient (Wildman–Crippen LogP) is 1.49. The minimum atomic E-state index is 0.0310. The number of hydrogen-bond acceptors (Lipinski definition) is 6. The van der Waals surface area contributed by atoms with Crippen molar-refractivity contribution in [1.82, 2.24) is 15.5 Å². The summed E-state index contributed by atoms with van der Waals surface area (Å²) in [7, 11) is 1.70. The molecule has 2 atom stereocenters. The Morgan fingerprint density at radius 3 is 3.11 bits per heavy atom. The van der Waals surface area contributed by atoms with E-state index in [9.17, 15) is 5.11 Å². The monoisotopic (exact) mass is 261 g/mol. The highest BCUT2D eigenvalue weighted by Gasteiger charge is 2.29. The molecule has 1 saturated heterocycles. The number of nitrogens with one attached hydrogen (secondary N) is 1. The molecular formula is C13H15N3O3. The molecule has 0 saturated carbocycles. The Bertz CT molecular complexity index is 570. The number of methoxy groups -OCH3 is 1. The molecule has 2 aromatic rings. The second kappa shape index (κ2) is 4.99. The topological polar surface area (TPSA) is 80.4 Å². The summed E-state index contributed by atoms with van der Waals surface area (Å²) in [4.78, 5) is 4.37. The maximum Gasteiger partial charge on any atom is 0.244 e. The Morgan fingerprint density at radius 2 is 2.37 bits per heavy atom. The standard InChI is InChI=1S/C13H15N3O3/c1-18-10-6-11(14-7-10)13-15-12(16-19-13)8-3-2-4-9(17)5-8/h2-5,10-11,14,17H,6-7H2,1H3. The first-order valence-corrected chi connectivity index (χ1v) is 6.15. The van der Waals surface area contributed by atoms with Gasteiger partial charge < -0.3 is 19.7 Å². The van der Waals surface area contributed by atoms with Crippen LogP contribution in [-0.4, -0.2) is 35.0 Å². The molecule has 2 N–H and O–H groups in total. The van der Waals surface area contributed by atoms with Crippen LogP contribution < -0.4 is 5.32 Å². The van der Waals surface area contributed by atoms with Gasteiger partial charge in [0.25, 0.3) is 0 Å². The van der Waals surface area contributed by atoms with Crippen molar-refractivity contribution in [2.45, 2.75) is 18.6 Å². The normalized spacial score (nSPS) is 22.8. The predicted molar refractivity (Wildman–Crippen MR) is 67.6 cm³/mol. The van der Waals surface area contributed by atoms with E-state index in [1.807, 2.05) is 6.07 Å². The zero-order valence-electron chi connectivity index (χ0n) is 10.5. The molecule has 100 valence electrons. The molecule has 1 aliphatic heterocycles. The van der Waals surface area contributed by atoms with Gasteiger partial charge in [-0.05, 0) is 18.6 Å². The van der Waals surface area contributed by atoms with Crippen molar-refractivity contribution in [3.05, 3.63) is 30.2 Å². The summed E-state index contributed by atoms with van der Waals surface area (Å²) >= 11 is 0. The highest BCUT2D eigenvalue weighted by molar-refractivity contribution is 5.56. The molecule has 2 unspecified atom stereocenters. The van der Waals surface area contributed by atoms with Gasteiger partial charge in [0.15, 0.2) is 0 Å². The largest absolute Gasteiger partial charge is 0.508 e. The summed E-state index contributed by atoms with van der Waals surface area (Å²) in [5, 5.41) is 16.7. The Kier molecular flexibility index (Phi) is 3.18. The number of aromatic hydroxyl groups is 1. The van der Waals surface area contributed by atoms with Crippen molar-refractivity contribution < 1.29 is 14.4 Å². The van der Waals surface area contributed by atoms with Crippen LogP contribution in [0.3, 0.4) is 0 Å². The molecule has 1 aromatic heterocycles. The van der Waals surface area contributed by atoms with Gasteiger partial charge in [0.2, 0.25) is 11.7 Å². The van der Waals surface area contributed by atoms with Crippen molar-refractivity contribution in [2.75, 3.05) is 13.7 Å². The molecule has 0 radical (unpaired) electrons. The third kappa shape index (κ3) is 2.45. The molecule has 2 heterocycles. The molecule has 6 nitrogen and oxygen atoms in total. The van der Waals surface area contributed by atoms with Crippen LogP contribution in [0.1, 0.15) is 18.4 Å². The minimum absolute atomic E-state index is 0.0310. The van der Waals surface area contributed by atoms with Gasteiger partial charge >= 0.3 is 0 Å². The van der Waals surface area contributed by atoms with Crippen molar-refractivity contribution in [2.24, 2.45) is 0 Å². The minimum Gasteiger partial charge on any atom is -0.508 e. The fourth-order valence-electron chi connectivity index (χ4n) is 2.21. The lowest BCUT2D eigenvalue weighted by Crippen LogP contribution is -2.16. The number of ether oxygens (including phenoxy) is 1. The molecule has 6 heteroatoms.